The monoisotopic (exact) mass is 494 g/mol. The van der Waals surface area contributed by atoms with Gasteiger partial charge in [-0.1, -0.05) is 30.3 Å². The number of benzene rings is 2. The maximum Gasteiger partial charge on any atom is 0.333 e. The van der Waals surface area contributed by atoms with Crippen LogP contribution in [0.2, 0.25) is 0 Å². The van der Waals surface area contributed by atoms with Crippen molar-refractivity contribution in [2.45, 2.75) is 45.7 Å². The zero-order chi connectivity index (χ0) is 24.9. The Balaban J connectivity index is 1.86. The molecule has 0 saturated carbocycles. The normalized spacial score (nSPS) is 17.1. The van der Waals surface area contributed by atoms with Gasteiger partial charge in [-0.05, 0) is 56.0 Å². The third kappa shape index (κ3) is 5.32. The number of rotatable bonds is 6. The van der Waals surface area contributed by atoms with Gasteiger partial charge in [0.2, 0.25) is 5.91 Å². The van der Waals surface area contributed by atoms with E-state index >= 15 is 0 Å². The first-order valence-electron chi connectivity index (χ1n) is 11.9. The molecule has 0 radical (unpaired) electrons. The first kappa shape index (κ1) is 24.7. The molecule has 1 unspecified atom stereocenters. The van der Waals surface area contributed by atoms with Gasteiger partial charge >= 0.3 is 5.97 Å². The van der Waals surface area contributed by atoms with Crippen LogP contribution in [0.3, 0.4) is 0 Å². The Morgan fingerprint density at radius 2 is 1.97 bits per heavy atom. The van der Waals surface area contributed by atoms with Gasteiger partial charge < -0.3 is 14.4 Å². The van der Waals surface area contributed by atoms with Crippen LogP contribution in [-0.2, 0) is 20.9 Å². The molecule has 1 saturated heterocycles. The number of carbonyl (C=O) groups excluding carboxylic acids is 2. The fourth-order valence-corrected chi connectivity index (χ4v) is 5.52. The topological polar surface area (TPSA) is 77.8 Å². The highest BCUT2D eigenvalue weighted by Crippen LogP contribution is 2.28. The second-order valence-corrected chi connectivity index (χ2v) is 9.63. The van der Waals surface area contributed by atoms with Crippen molar-refractivity contribution in [3.63, 3.8) is 0 Å². The quantitative estimate of drug-likeness (QED) is 0.493. The fraction of sp³-hybridized carbons (Fsp3) is 0.370. The number of hydrogen-bond donors (Lipinski definition) is 0. The molecule has 1 aliphatic rings. The highest BCUT2D eigenvalue weighted by Gasteiger charge is 2.24. The maximum atomic E-state index is 13.5. The molecule has 184 valence electrons. The molecule has 4 rings (SSSR count). The van der Waals surface area contributed by atoms with Crippen molar-refractivity contribution in [2.24, 2.45) is 0 Å². The van der Waals surface area contributed by atoms with Gasteiger partial charge in [-0.25, -0.2) is 4.79 Å². The van der Waals surface area contributed by atoms with E-state index in [2.05, 4.69) is 0 Å². The molecule has 0 spiro atoms. The predicted octanol–water partition coefficient (Wildman–Crippen LogP) is 2.65. The minimum atomic E-state index is -0.546. The lowest BCUT2D eigenvalue weighted by molar-refractivity contribution is -0.136. The number of ether oxygens (including phenoxy) is 2. The predicted molar refractivity (Wildman–Crippen MR) is 138 cm³/mol. The molecule has 35 heavy (non-hydrogen) atoms. The molecule has 2 aromatic carbocycles. The number of fused-ring (bicyclic) bond motifs is 1. The lowest BCUT2D eigenvalue weighted by Crippen LogP contribution is -2.46. The van der Waals surface area contributed by atoms with Crippen molar-refractivity contribution >= 4 is 46.1 Å². The van der Waals surface area contributed by atoms with Gasteiger partial charge in [-0.15, -0.1) is 11.3 Å². The van der Waals surface area contributed by atoms with Crippen LogP contribution in [0.5, 0.6) is 5.75 Å². The largest absolute Gasteiger partial charge is 0.496 e. The Morgan fingerprint density at radius 1 is 1.17 bits per heavy atom. The number of methoxy groups -OCH3 is 1. The van der Waals surface area contributed by atoms with Gasteiger partial charge in [0, 0.05) is 18.2 Å². The van der Waals surface area contributed by atoms with Crippen molar-refractivity contribution in [1.82, 2.24) is 9.47 Å². The summed E-state index contributed by atoms with van der Waals surface area (Å²) in [6, 6.07) is 11.8. The number of nitrogens with zero attached hydrogens (tertiary/aromatic N) is 2. The summed E-state index contributed by atoms with van der Waals surface area (Å²) < 4.78 is 12.8. The van der Waals surface area contributed by atoms with Gasteiger partial charge in [-0.3, -0.25) is 14.2 Å². The molecule has 1 aromatic heterocycles. The molecule has 1 atom stereocenters. The van der Waals surface area contributed by atoms with E-state index in [-0.39, 0.29) is 30.7 Å². The number of thiazole rings is 1. The molecule has 1 amide bonds. The highest BCUT2D eigenvalue weighted by molar-refractivity contribution is 7.07. The number of esters is 1. The summed E-state index contributed by atoms with van der Waals surface area (Å²) in [4.78, 5) is 40.8. The third-order valence-corrected chi connectivity index (χ3v) is 7.37. The molecule has 2 heterocycles. The molecular formula is C27H30N2O5S. The lowest BCUT2D eigenvalue weighted by atomic mass is 10.0. The first-order chi connectivity index (χ1) is 16.9. The number of carbonyl (C=O) groups is 2. The van der Waals surface area contributed by atoms with Gasteiger partial charge in [0.15, 0.2) is 0 Å². The van der Waals surface area contributed by atoms with Crippen molar-refractivity contribution in [1.29, 1.82) is 0 Å². The summed E-state index contributed by atoms with van der Waals surface area (Å²) in [5, 5.41) is 1.96. The van der Waals surface area contributed by atoms with Crippen LogP contribution in [-0.4, -0.2) is 47.6 Å². The molecular weight excluding hydrogens is 464 g/mol. The van der Waals surface area contributed by atoms with E-state index in [0.29, 0.717) is 21.5 Å². The number of hydrogen-bond acceptors (Lipinski definition) is 6. The summed E-state index contributed by atoms with van der Waals surface area (Å²) in [6.07, 6.45) is 6.07. The molecule has 0 aliphatic carbocycles. The van der Waals surface area contributed by atoms with Crippen LogP contribution >= 0.6 is 11.3 Å². The number of likely N-dealkylation sites (tertiary alicyclic amines) is 1. The van der Waals surface area contributed by atoms with E-state index in [1.165, 1.54) is 10.6 Å². The Kier molecular flexibility index (Phi) is 7.70. The van der Waals surface area contributed by atoms with Crippen molar-refractivity contribution in [3.8, 4) is 5.75 Å². The fourth-order valence-electron chi connectivity index (χ4n) is 4.51. The minimum Gasteiger partial charge on any atom is -0.496 e. The van der Waals surface area contributed by atoms with Gasteiger partial charge in [-0.2, -0.15) is 0 Å². The number of piperidine rings is 1. The molecule has 0 bridgehead atoms. The number of amides is 1. The Morgan fingerprint density at radius 3 is 2.71 bits per heavy atom. The zero-order valence-corrected chi connectivity index (χ0v) is 21.1. The average Bonchev–Trinajstić information content (AvgIpc) is 3.13. The van der Waals surface area contributed by atoms with Crippen molar-refractivity contribution < 1.29 is 19.1 Å². The molecule has 1 aliphatic heterocycles. The molecule has 0 N–H and O–H groups in total. The van der Waals surface area contributed by atoms with Crippen LogP contribution in [0.25, 0.3) is 22.9 Å². The Labute approximate surface area is 207 Å². The smallest absolute Gasteiger partial charge is 0.333 e. The van der Waals surface area contributed by atoms with Gasteiger partial charge in [0.25, 0.3) is 5.56 Å². The van der Waals surface area contributed by atoms with Gasteiger partial charge in [0.1, 0.15) is 17.0 Å². The maximum absolute atomic E-state index is 13.5. The summed E-state index contributed by atoms with van der Waals surface area (Å²) >= 11 is 1.16. The second-order valence-electron chi connectivity index (χ2n) is 8.57. The summed E-state index contributed by atoms with van der Waals surface area (Å²) in [5.74, 6) is -0.0299. The molecule has 7 nitrogen and oxygen atoms in total. The van der Waals surface area contributed by atoms with E-state index < -0.39 is 5.97 Å². The van der Waals surface area contributed by atoms with Crippen LogP contribution in [0.4, 0.5) is 0 Å². The average molecular weight is 495 g/mol. The Bertz CT molecular complexity index is 1420. The highest BCUT2D eigenvalue weighted by atomic mass is 32.1. The summed E-state index contributed by atoms with van der Waals surface area (Å²) in [7, 11) is 1.59. The Hall–Kier alpha value is -3.39. The molecule has 1 fully saturated rings. The van der Waals surface area contributed by atoms with Gasteiger partial charge in [0.05, 0.1) is 24.3 Å². The van der Waals surface area contributed by atoms with Crippen molar-refractivity contribution in [2.75, 3.05) is 20.3 Å². The standard InChI is InChI=1S/C27H30N2O5S/c1-4-34-26(31)16-25-29(17-24(30)28-14-8-7-9-18(28)2)27(32)23(35-25)15-21-20-11-6-5-10-19(20)12-13-22(21)33-3/h5-6,10-13,15-16,18H,4,7-9,14,17H2,1-3H3/b23-15-,25-16-. The minimum absolute atomic E-state index is 0.120. The number of aromatic nitrogens is 1. The first-order valence-corrected chi connectivity index (χ1v) is 12.7. The third-order valence-electron chi connectivity index (χ3n) is 6.31. The van der Waals surface area contributed by atoms with Crippen molar-refractivity contribution in [3.05, 3.63) is 61.5 Å². The van der Waals surface area contributed by atoms with E-state index in [1.807, 2.05) is 48.2 Å². The lowest BCUT2D eigenvalue weighted by Gasteiger charge is -2.33. The van der Waals surface area contributed by atoms with Crippen LogP contribution in [0, 0.1) is 0 Å². The van der Waals surface area contributed by atoms with E-state index in [0.717, 1.165) is 46.9 Å². The zero-order valence-electron chi connectivity index (χ0n) is 20.3. The SMILES string of the molecule is CCOC(=O)/C=c1\s/c(=C\c2c(OC)ccc3ccccc23)c(=O)n1CC(=O)N1CCCCC1C. The van der Waals surface area contributed by atoms with E-state index in [4.69, 9.17) is 9.47 Å². The van der Waals surface area contributed by atoms with E-state index in [1.54, 1.807) is 20.1 Å². The van der Waals surface area contributed by atoms with Crippen LogP contribution < -0.4 is 19.5 Å². The van der Waals surface area contributed by atoms with E-state index in [9.17, 15) is 14.4 Å². The second kappa shape index (κ2) is 10.9. The van der Waals surface area contributed by atoms with Crippen LogP contribution in [0.15, 0.2) is 41.2 Å². The molecule has 3 aromatic rings. The molecule has 8 heteroatoms. The van der Waals surface area contributed by atoms with Crippen LogP contribution in [0.1, 0.15) is 38.7 Å². The summed E-state index contributed by atoms with van der Waals surface area (Å²) in [6.45, 7) is 4.54. The summed E-state index contributed by atoms with van der Waals surface area (Å²) in [5.41, 5.74) is 0.452.